The highest BCUT2D eigenvalue weighted by Gasteiger charge is 2.15. The molecule has 0 aromatic heterocycles. The third-order valence-electron chi connectivity index (χ3n) is 1.67. The lowest BCUT2D eigenvalue weighted by molar-refractivity contribution is -0.870. The minimum Gasteiger partial charge on any atom is -0.331 e. The fourth-order valence-electron chi connectivity index (χ4n) is 0.837. The Kier molecular flexibility index (Phi) is 5.15. The molecule has 0 aromatic carbocycles. The lowest BCUT2D eigenvalue weighted by atomic mass is 10.4. The van der Waals surface area contributed by atoms with Crippen LogP contribution in [-0.4, -0.2) is 49.8 Å². The van der Waals surface area contributed by atoms with E-state index in [-0.39, 0.29) is 6.16 Å². The summed E-state index contributed by atoms with van der Waals surface area (Å²) in [5, 5.41) is 0. The van der Waals surface area contributed by atoms with Crippen molar-refractivity contribution in [3.8, 4) is 0 Å². The van der Waals surface area contributed by atoms with E-state index in [1.54, 1.807) is 6.92 Å². The molecule has 0 aromatic rings. The molecular formula is C8H21NO3P+. The quantitative estimate of drug-likeness (QED) is 0.408. The summed E-state index contributed by atoms with van der Waals surface area (Å²) in [4.78, 5) is 9.08. The summed E-state index contributed by atoms with van der Waals surface area (Å²) in [6.45, 7) is 2.97. The monoisotopic (exact) mass is 210 g/mol. The zero-order valence-electron chi connectivity index (χ0n) is 8.99. The Bertz CT molecular complexity index is 188. The van der Waals surface area contributed by atoms with E-state index in [1.165, 1.54) is 0 Å². The van der Waals surface area contributed by atoms with Gasteiger partial charge in [-0.05, 0) is 0 Å². The lowest BCUT2D eigenvalue weighted by Gasteiger charge is -2.23. The summed E-state index contributed by atoms with van der Waals surface area (Å²) in [6.07, 6.45) is 1.01. The molecule has 0 amide bonds. The first-order valence-electron chi connectivity index (χ1n) is 4.54. The predicted molar refractivity (Wildman–Crippen MR) is 53.8 cm³/mol. The summed E-state index contributed by atoms with van der Waals surface area (Å²) in [7, 11) is 2.98. The van der Waals surface area contributed by atoms with Gasteiger partial charge in [0.1, 0.15) is 0 Å². The highest BCUT2D eigenvalue weighted by Crippen LogP contribution is 2.40. The van der Waals surface area contributed by atoms with Crippen LogP contribution in [0.15, 0.2) is 0 Å². The zero-order chi connectivity index (χ0) is 10.5. The van der Waals surface area contributed by atoms with Gasteiger partial charge in [-0.25, -0.2) is 0 Å². The summed E-state index contributed by atoms with van der Waals surface area (Å²) in [6, 6.07) is 0. The minimum atomic E-state index is -3.26. The van der Waals surface area contributed by atoms with Crippen LogP contribution in [-0.2, 0) is 9.09 Å². The van der Waals surface area contributed by atoms with Gasteiger partial charge >= 0.3 is 7.60 Å². The SMILES string of the molecule is CCP(=O)(O)OCCC[N+](C)(C)C. The van der Waals surface area contributed by atoms with Crippen molar-refractivity contribution >= 4 is 7.60 Å². The standard InChI is InChI=1S/C8H20NO3P/c1-5-13(10,11)12-8-6-7-9(2,3)4/h5-8H2,1-4H3/p+1. The molecule has 0 spiro atoms. The van der Waals surface area contributed by atoms with E-state index in [1.807, 2.05) is 0 Å². The first-order chi connectivity index (χ1) is 5.77. The first-order valence-corrected chi connectivity index (χ1v) is 6.30. The summed E-state index contributed by atoms with van der Waals surface area (Å²) < 4.78 is 16.8. The molecule has 80 valence electrons. The van der Waals surface area contributed by atoms with Gasteiger partial charge in [0.2, 0.25) is 0 Å². The number of rotatable bonds is 6. The molecule has 1 unspecified atom stereocenters. The van der Waals surface area contributed by atoms with Crippen LogP contribution in [0.5, 0.6) is 0 Å². The van der Waals surface area contributed by atoms with Gasteiger partial charge in [0.25, 0.3) is 0 Å². The molecule has 1 atom stereocenters. The molecular weight excluding hydrogens is 189 g/mol. The molecule has 0 heterocycles. The van der Waals surface area contributed by atoms with Crippen molar-refractivity contribution in [1.29, 1.82) is 0 Å². The van der Waals surface area contributed by atoms with Gasteiger partial charge in [-0.3, -0.25) is 4.57 Å². The Labute approximate surface area is 80.6 Å². The fourth-order valence-corrected chi connectivity index (χ4v) is 1.43. The zero-order valence-corrected chi connectivity index (χ0v) is 9.88. The van der Waals surface area contributed by atoms with Gasteiger partial charge in [0.15, 0.2) is 0 Å². The van der Waals surface area contributed by atoms with Crippen molar-refractivity contribution in [2.75, 3.05) is 40.5 Å². The van der Waals surface area contributed by atoms with Crippen LogP contribution >= 0.6 is 7.60 Å². The summed E-state index contributed by atoms with van der Waals surface area (Å²) in [5.74, 6) is 0. The van der Waals surface area contributed by atoms with Gasteiger partial charge in [-0.15, -0.1) is 0 Å². The molecule has 0 fully saturated rings. The van der Waals surface area contributed by atoms with E-state index in [9.17, 15) is 4.57 Å². The van der Waals surface area contributed by atoms with Crippen molar-refractivity contribution < 1.29 is 18.5 Å². The molecule has 0 saturated heterocycles. The van der Waals surface area contributed by atoms with Gasteiger partial charge in [-0.2, -0.15) is 0 Å². The maximum Gasteiger partial charge on any atom is 0.327 e. The largest absolute Gasteiger partial charge is 0.331 e. The molecule has 13 heavy (non-hydrogen) atoms. The Morgan fingerprint density at radius 1 is 1.38 bits per heavy atom. The van der Waals surface area contributed by atoms with Gasteiger partial charge < -0.3 is 13.9 Å². The van der Waals surface area contributed by atoms with Gasteiger partial charge in [0, 0.05) is 12.6 Å². The van der Waals surface area contributed by atoms with Crippen LogP contribution in [0.3, 0.4) is 0 Å². The van der Waals surface area contributed by atoms with E-state index < -0.39 is 7.60 Å². The van der Waals surface area contributed by atoms with Gasteiger partial charge in [-0.1, -0.05) is 6.92 Å². The summed E-state index contributed by atoms with van der Waals surface area (Å²) >= 11 is 0. The highest BCUT2D eigenvalue weighted by molar-refractivity contribution is 7.52. The molecule has 0 aliphatic carbocycles. The van der Waals surface area contributed by atoms with Crippen LogP contribution in [0, 0.1) is 0 Å². The second kappa shape index (κ2) is 5.11. The van der Waals surface area contributed by atoms with Crippen molar-refractivity contribution in [3.05, 3.63) is 0 Å². The van der Waals surface area contributed by atoms with Crippen LogP contribution in [0.1, 0.15) is 13.3 Å². The average Bonchev–Trinajstić information content (AvgIpc) is 1.97. The van der Waals surface area contributed by atoms with Crippen molar-refractivity contribution in [3.63, 3.8) is 0 Å². The van der Waals surface area contributed by atoms with E-state index >= 15 is 0 Å². The molecule has 4 nitrogen and oxygen atoms in total. The van der Waals surface area contributed by atoms with Gasteiger partial charge in [0.05, 0.1) is 34.3 Å². The van der Waals surface area contributed by atoms with Crippen LogP contribution in [0.4, 0.5) is 0 Å². The third-order valence-corrected chi connectivity index (χ3v) is 3.05. The topological polar surface area (TPSA) is 46.5 Å². The smallest absolute Gasteiger partial charge is 0.327 e. The minimum absolute atomic E-state index is 0.192. The third kappa shape index (κ3) is 8.44. The Hall–Kier alpha value is 0.110. The van der Waals surface area contributed by atoms with Crippen LogP contribution in [0.2, 0.25) is 0 Å². The number of nitrogens with zero attached hydrogens (tertiary/aromatic N) is 1. The first kappa shape index (κ1) is 13.1. The predicted octanol–water partition coefficient (Wildman–Crippen LogP) is 1.30. The highest BCUT2D eigenvalue weighted by atomic mass is 31.2. The van der Waals surface area contributed by atoms with Crippen molar-refractivity contribution in [1.82, 2.24) is 0 Å². The molecule has 0 aliphatic rings. The van der Waals surface area contributed by atoms with E-state index in [2.05, 4.69) is 21.1 Å². The normalized spacial score (nSPS) is 17.0. The Morgan fingerprint density at radius 2 is 1.92 bits per heavy atom. The molecule has 0 radical (unpaired) electrons. The molecule has 1 N–H and O–H groups in total. The number of hydrogen-bond acceptors (Lipinski definition) is 2. The van der Waals surface area contributed by atoms with E-state index in [4.69, 9.17) is 9.42 Å². The Balaban J connectivity index is 3.53. The molecule has 0 saturated carbocycles. The van der Waals surface area contributed by atoms with Crippen LogP contribution < -0.4 is 0 Å². The second-order valence-electron chi connectivity index (χ2n) is 4.15. The average molecular weight is 210 g/mol. The Morgan fingerprint density at radius 3 is 2.31 bits per heavy atom. The lowest BCUT2D eigenvalue weighted by Crippen LogP contribution is -2.35. The number of quaternary nitrogens is 1. The van der Waals surface area contributed by atoms with E-state index in [0.717, 1.165) is 17.4 Å². The second-order valence-corrected chi connectivity index (χ2v) is 6.32. The van der Waals surface area contributed by atoms with Crippen molar-refractivity contribution in [2.24, 2.45) is 0 Å². The molecule has 0 bridgehead atoms. The molecule has 5 heteroatoms. The molecule has 0 rings (SSSR count). The number of hydrogen-bond donors (Lipinski definition) is 1. The molecule has 0 aliphatic heterocycles. The van der Waals surface area contributed by atoms with Crippen molar-refractivity contribution in [2.45, 2.75) is 13.3 Å². The fraction of sp³-hybridized carbons (Fsp3) is 1.00. The van der Waals surface area contributed by atoms with Crippen LogP contribution in [0.25, 0.3) is 0 Å². The summed E-state index contributed by atoms with van der Waals surface area (Å²) in [5.41, 5.74) is 0. The van der Waals surface area contributed by atoms with E-state index in [0.29, 0.717) is 6.61 Å². The maximum atomic E-state index is 11.0. The maximum absolute atomic E-state index is 11.0.